The molecule has 1 heterocycles. The molecule has 6 heteroatoms. The van der Waals surface area contributed by atoms with Gasteiger partial charge in [0.15, 0.2) is 0 Å². The first-order chi connectivity index (χ1) is 7.59. The Balaban J connectivity index is 2.54. The first kappa shape index (κ1) is 11.1. The van der Waals surface area contributed by atoms with E-state index in [4.69, 9.17) is 18.0 Å². The number of hydrogen-bond donors (Lipinski definition) is 1. The van der Waals surface area contributed by atoms with Gasteiger partial charge in [0.1, 0.15) is 21.6 Å². The monoisotopic (exact) mass is 256 g/mol. The van der Waals surface area contributed by atoms with Crippen molar-refractivity contribution < 1.29 is 8.78 Å². The van der Waals surface area contributed by atoms with Crippen LogP contribution in [0.4, 0.5) is 8.78 Å². The van der Waals surface area contributed by atoms with Gasteiger partial charge in [0.2, 0.25) is 0 Å². The van der Waals surface area contributed by atoms with Crippen LogP contribution in [-0.4, -0.2) is 9.97 Å². The van der Waals surface area contributed by atoms with Crippen molar-refractivity contribution in [3.05, 3.63) is 40.9 Å². The molecule has 0 amide bonds. The lowest BCUT2D eigenvalue weighted by atomic mass is 10.2. The highest BCUT2D eigenvalue weighted by molar-refractivity contribution is 7.81. The zero-order valence-electron chi connectivity index (χ0n) is 7.91. The van der Waals surface area contributed by atoms with E-state index in [2.05, 4.69) is 4.98 Å². The van der Waals surface area contributed by atoms with Crippen LogP contribution in [0.15, 0.2) is 24.4 Å². The van der Waals surface area contributed by atoms with Crippen molar-refractivity contribution in [3.8, 4) is 10.6 Å². The molecule has 16 heavy (non-hydrogen) atoms. The van der Waals surface area contributed by atoms with Gasteiger partial charge in [0.25, 0.3) is 0 Å². The average molecular weight is 256 g/mol. The van der Waals surface area contributed by atoms with Crippen LogP contribution >= 0.6 is 23.6 Å². The number of aromatic nitrogens is 1. The second-order valence-corrected chi connectivity index (χ2v) is 4.46. The van der Waals surface area contributed by atoms with Crippen LogP contribution < -0.4 is 5.73 Å². The molecule has 0 aliphatic heterocycles. The van der Waals surface area contributed by atoms with Crippen molar-refractivity contribution in [1.82, 2.24) is 4.98 Å². The van der Waals surface area contributed by atoms with E-state index in [9.17, 15) is 8.78 Å². The van der Waals surface area contributed by atoms with Crippen LogP contribution in [0.3, 0.4) is 0 Å². The lowest BCUT2D eigenvalue weighted by Gasteiger charge is -1.99. The number of hydrogen-bond acceptors (Lipinski definition) is 3. The predicted molar refractivity (Wildman–Crippen MR) is 63.4 cm³/mol. The molecule has 0 radical (unpaired) electrons. The Morgan fingerprint density at radius 3 is 2.44 bits per heavy atom. The fourth-order valence-corrected chi connectivity index (χ4v) is 2.20. The first-order valence-electron chi connectivity index (χ1n) is 4.29. The van der Waals surface area contributed by atoms with Gasteiger partial charge in [-0.05, 0) is 12.1 Å². The maximum atomic E-state index is 13.4. The van der Waals surface area contributed by atoms with Crippen molar-refractivity contribution >= 4 is 28.5 Å². The van der Waals surface area contributed by atoms with E-state index in [1.807, 2.05) is 0 Å². The summed E-state index contributed by atoms with van der Waals surface area (Å²) in [6, 6.07) is 3.66. The van der Waals surface area contributed by atoms with Crippen LogP contribution in [0.2, 0.25) is 0 Å². The molecule has 0 saturated heterocycles. The maximum absolute atomic E-state index is 13.4. The van der Waals surface area contributed by atoms with Gasteiger partial charge in [-0.3, -0.25) is 0 Å². The molecule has 0 atom stereocenters. The Bertz CT molecular complexity index is 531. The third kappa shape index (κ3) is 1.94. The third-order valence-corrected chi connectivity index (χ3v) is 3.32. The summed E-state index contributed by atoms with van der Waals surface area (Å²) in [5, 5.41) is 0.235. The molecular weight excluding hydrogens is 250 g/mol. The number of halogens is 2. The number of rotatable bonds is 2. The van der Waals surface area contributed by atoms with Crippen molar-refractivity contribution in [2.24, 2.45) is 5.73 Å². The van der Waals surface area contributed by atoms with Gasteiger partial charge in [-0.1, -0.05) is 18.3 Å². The second kappa shape index (κ2) is 4.23. The summed E-state index contributed by atoms with van der Waals surface area (Å²) in [6.45, 7) is 0. The molecule has 0 aliphatic carbocycles. The Morgan fingerprint density at radius 1 is 1.31 bits per heavy atom. The summed E-state index contributed by atoms with van der Waals surface area (Å²) in [5.74, 6) is -1.30. The number of nitrogens with zero attached hydrogens (tertiary/aromatic N) is 1. The Hall–Kier alpha value is -1.40. The number of nitrogens with two attached hydrogens (primary N) is 1. The molecule has 1 aromatic carbocycles. The second-order valence-electron chi connectivity index (χ2n) is 2.99. The zero-order chi connectivity index (χ0) is 11.7. The summed E-state index contributed by atoms with van der Waals surface area (Å²) in [6.07, 6.45) is 1.41. The maximum Gasteiger partial charge on any atom is 0.136 e. The van der Waals surface area contributed by atoms with E-state index in [1.54, 1.807) is 0 Å². The Kier molecular flexibility index (Phi) is 2.93. The summed E-state index contributed by atoms with van der Waals surface area (Å²) in [7, 11) is 0. The summed E-state index contributed by atoms with van der Waals surface area (Å²) in [4.78, 5) is 4.60. The molecule has 2 nitrogen and oxygen atoms in total. The lowest BCUT2D eigenvalue weighted by Crippen LogP contribution is -2.06. The molecular formula is C10H6F2N2S2. The largest absolute Gasteiger partial charge is 0.389 e. The Morgan fingerprint density at radius 2 is 1.94 bits per heavy atom. The number of thiazole rings is 1. The van der Waals surface area contributed by atoms with Crippen molar-refractivity contribution in [2.75, 3.05) is 0 Å². The summed E-state index contributed by atoms with van der Waals surface area (Å²) < 4.78 is 26.8. The molecule has 0 spiro atoms. The zero-order valence-corrected chi connectivity index (χ0v) is 9.54. The summed E-state index contributed by atoms with van der Waals surface area (Å²) in [5.41, 5.74) is 5.25. The first-order valence-corrected chi connectivity index (χ1v) is 5.52. The van der Waals surface area contributed by atoms with Crippen molar-refractivity contribution in [2.45, 2.75) is 0 Å². The van der Waals surface area contributed by atoms with Crippen LogP contribution in [0.25, 0.3) is 10.6 Å². The molecule has 2 aromatic rings. The predicted octanol–water partition coefficient (Wildman–Crippen LogP) is 2.72. The minimum Gasteiger partial charge on any atom is -0.389 e. The van der Waals surface area contributed by atoms with Crippen LogP contribution in [0, 0.1) is 11.6 Å². The van der Waals surface area contributed by atoms with Gasteiger partial charge < -0.3 is 5.73 Å². The van der Waals surface area contributed by atoms with E-state index in [0.717, 1.165) is 11.3 Å². The van der Waals surface area contributed by atoms with Crippen molar-refractivity contribution in [1.29, 1.82) is 0 Å². The van der Waals surface area contributed by atoms with E-state index < -0.39 is 11.6 Å². The van der Waals surface area contributed by atoms with Gasteiger partial charge in [-0.15, -0.1) is 11.3 Å². The van der Waals surface area contributed by atoms with Gasteiger partial charge in [-0.2, -0.15) is 0 Å². The van der Waals surface area contributed by atoms with E-state index in [0.29, 0.717) is 4.88 Å². The minimum absolute atomic E-state index is 0.144. The fraction of sp³-hybridized carbons (Fsp3) is 0. The number of benzene rings is 1. The SMILES string of the molecule is NC(=S)c1cnc(-c2c(F)cccc2F)s1. The third-order valence-electron chi connectivity index (χ3n) is 1.93. The van der Waals surface area contributed by atoms with Gasteiger partial charge in [0, 0.05) is 6.20 Å². The molecule has 0 fully saturated rings. The molecule has 82 valence electrons. The normalized spacial score (nSPS) is 10.4. The molecule has 0 aliphatic rings. The highest BCUT2D eigenvalue weighted by Gasteiger charge is 2.15. The van der Waals surface area contributed by atoms with E-state index >= 15 is 0 Å². The molecule has 1 aromatic heterocycles. The molecule has 0 bridgehead atoms. The Labute approximate surface area is 99.7 Å². The van der Waals surface area contributed by atoms with Crippen LogP contribution in [0.1, 0.15) is 4.88 Å². The average Bonchev–Trinajstić information content (AvgIpc) is 2.66. The van der Waals surface area contributed by atoms with Crippen molar-refractivity contribution in [3.63, 3.8) is 0 Å². The molecule has 2 rings (SSSR count). The van der Waals surface area contributed by atoms with Gasteiger partial charge >= 0.3 is 0 Å². The topological polar surface area (TPSA) is 38.9 Å². The van der Waals surface area contributed by atoms with Gasteiger partial charge in [0.05, 0.1) is 10.4 Å². The fourth-order valence-electron chi connectivity index (χ4n) is 1.21. The van der Waals surface area contributed by atoms with Gasteiger partial charge in [-0.25, -0.2) is 13.8 Å². The lowest BCUT2D eigenvalue weighted by molar-refractivity contribution is 0.589. The molecule has 0 saturated carbocycles. The van der Waals surface area contributed by atoms with E-state index in [1.165, 1.54) is 24.4 Å². The smallest absolute Gasteiger partial charge is 0.136 e. The van der Waals surface area contributed by atoms with Crippen LogP contribution in [-0.2, 0) is 0 Å². The molecule has 2 N–H and O–H groups in total. The standard InChI is InChI=1S/C10H6F2N2S2/c11-5-2-1-3-6(12)8(5)10-14-4-7(16-10)9(13)15/h1-4H,(H2,13,15). The van der Waals surface area contributed by atoms with E-state index in [-0.39, 0.29) is 15.6 Å². The quantitative estimate of drug-likeness (QED) is 0.840. The minimum atomic E-state index is -0.649. The molecule has 0 unspecified atom stereocenters. The van der Waals surface area contributed by atoms with Crippen LogP contribution in [0.5, 0.6) is 0 Å². The highest BCUT2D eigenvalue weighted by Crippen LogP contribution is 2.29. The highest BCUT2D eigenvalue weighted by atomic mass is 32.1. The summed E-state index contributed by atoms with van der Waals surface area (Å²) >= 11 is 5.82. The number of thiocarbonyl (C=S) groups is 1.